The second-order valence-electron chi connectivity index (χ2n) is 6.17. The quantitative estimate of drug-likeness (QED) is 0.881. The lowest BCUT2D eigenvalue weighted by atomic mass is 10.2. The minimum absolute atomic E-state index is 0.00468. The smallest absolute Gasteiger partial charge is 0.258 e. The van der Waals surface area contributed by atoms with Crippen molar-refractivity contribution < 1.29 is 4.79 Å². The molecule has 1 aromatic heterocycles. The van der Waals surface area contributed by atoms with Gasteiger partial charge in [0.2, 0.25) is 5.91 Å². The summed E-state index contributed by atoms with van der Waals surface area (Å²) < 4.78 is 1.56. The summed E-state index contributed by atoms with van der Waals surface area (Å²) in [6, 6.07) is -0.261. The van der Waals surface area contributed by atoms with Crippen LogP contribution < -0.4 is 10.9 Å². The largest absolute Gasteiger partial charge is 0.354 e. The summed E-state index contributed by atoms with van der Waals surface area (Å²) in [4.78, 5) is 30.8. The first kappa shape index (κ1) is 15.7. The molecule has 0 aromatic carbocycles. The summed E-state index contributed by atoms with van der Waals surface area (Å²) in [5.74, 6) is 1.14. The van der Waals surface area contributed by atoms with Crippen LogP contribution in [0.1, 0.15) is 37.9 Å². The van der Waals surface area contributed by atoms with Gasteiger partial charge in [-0.3, -0.25) is 19.1 Å². The highest BCUT2D eigenvalue weighted by Gasteiger charge is 2.30. The van der Waals surface area contributed by atoms with Gasteiger partial charge >= 0.3 is 0 Å². The zero-order valence-electron chi connectivity index (χ0n) is 13.4. The number of hydrogen-bond acceptors (Lipinski definition) is 4. The fraction of sp³-hybridized carbons (Fsp3) is 0.667. The third kappa shape index (κ3) is 3.15. The van der Waals surface area contributed by atoms with Crippen LogP contribution >= 0.6 is 0 Å². The number of rotatable bonds is 4. The Morgan fingerprint density at radius 1 is 1.33 bits per heavy atom. The molecule has 0 aliphatic carbocycles. The number of hydrogen-bond donors (Lipinski definition) is 1. The lowest BCUT2D eigenvalue weighted by molar-refractivity contribution is -0.126. The molecule has 1 aliphatic heterocycles. The van der Waals surface area contributed by atoms with Gasteiger partial charge in [0.25, 0.3) is 5.56 Å². The maximum absolute atomic E-state index is 12.2. The Labute approximate surface area is 125 Å². The molecule has 1 aromatic rings. The number of fused-ring (bicyclic) bond motifs is 1. The Morgan fingerprint density at radius 3 is 2.62 bits per heavy atom. The van der Waals surface area contributed by atoms with E-state index in [4.69, 9.17) is 0 Å². The van der Waals surface area contributed by atoms with Crippen LogP contribution in [-0.2, 0) is 24.9 Å². The molecule has 21 heavy (non-hydrogen) atoms. The van der Waals surface area contributed by atoms with E-state index in [1.165, 1.54) is 0 Å². The molecule has 0 spiro atoms. The Kier molecular flexibility index (Phi) is 4.46. The molecule has 0 saturated heterocycles. The molecule has 1 atom stereocenters. The average molecular weight is 292 g/mol. The van der Waals surface area contributed by atoms with E-state index in [9.17, 15) is 9.59 Å². The van der Waals surface area contributed by atoms with Crippen LogP contribution in [-0.4, -0.2) is 32.9 Å². The molecule has 6 heteroatoms. The van der Waals surface area contributed by atoms with Crippen LogP contribution in [0.3, 0.4) is 0 Å². The Morgan fingerprint density at radius 2 is 2.00 bits per heavy atom. The lowest BCUT2D eigenvalue weighted by Gasteiger charge is -2.22. The van der Waals surface area contributed by atoms with E-state index in [0.717, 1.165) is 5.69 Å². The molecule has 0 bridgehead atoms. The normalized spacial score (nSPS) is 16.1. The van der Waals surface area contributed by atoms with Crippen LogP contribution in [0.15, 0.2) is 4.79 Å². The highest BCUT2D eigenvalue weighted by molar-refractivity contribution is 5.81. The lowest BCUT2D eigenvalue weighted by Crippen LogP contribution is -2.43. The first-order valence-electron chi connectivity index (χ1n) is 7.38. The minimum Gasteiger partial charge on any atom is -0.354 e. The first-order chi connectivity index (χ1) is 9.81. The summed E-state index contributed by atoms with van der Waals surface area (Å²) in [5, 5.41) is 2.94. The van der Waals surface area contributed by atoms with Crippen molar-refractivity contribution >= 4 is 5.91 Å². The van der Waals surface area contributed by atoms with Gasteiger partial charge in [0.05, 0.1) is 17.3 Å². The topological polar surface area (TPSA) is 67.2 Å². The number of aromatic nitrogens is 2. The number of nitrogens with zero attached hydrogens (tertiary/aromatic N) is 3. The van der Waals surface area contributed by atoms with Gasteiger partial charge in [0.15, 0.2) is 0 Å². The maximum Gasteiger partial charge on any atom is 0.258 e. The van der Waals surface area contributed by atoms with Crippen molar-refractivity contribution in [3.8, 4) is 0 Å². The molecule has 1 N–H and O–H groups in total. The van der Waals surface area contributed by atoms with Crippen LogP contribution in [0.4, 0.5) is 0 Å². The van der Waals surface area contributed by atoms with Crippen molar-refractivity contribution in [3.63, 3.8) is 0 Å². The van der Waals surface area contributed by atoms with Crippen molar-refractivity contribution in [2.24, 2.45) is 13.0 Å². The molecule has 0 fully saturated rings. The molecular formula is C15H24N4O2. The second-order valence-corrected chi connectivity index (χ2v) is 6.17. The SMILES string of the molecule is Cc1nc2c(c(=O)n1C)CN([C@@H](C)C(=O)NCC(C)C)C2. The van der Waals surface area contributed by atoms with Crippen LogP contribution in [0.2, 0.25) is 0 Å². The standard InChI is InChI=1S/C15H24N4O2/c1-9(2)6-16-14(20)10(3)19-7-12-13(8-19)17-11(4)18(5)15(12)21/h9-10H,6-8H2,1-5H3,(H,16,20)/t10-/m0/s1. The van der Waals surface area contributed by atoms with E-state index in [-0.39, 0.29) is 17.5 Å². The van der Waals surface area contributed by atoms with Gasteiger partial charge in [-0.15, -0.1) is 0 Å². The Balaban J connectivity index is 2.11. The predicted molar refractivity (Wildman–Crippen MR) is 80.8 cm³/mol. The van der Waals surface area contributed by atoms with Gasteiger partial charge in [0.1, 0.15) is 5.82 Å². The van der Waals surface area contributed by atoms with Crippen molar-refractivity contribution in [2.75, 3.05) is 6.54 Å². The van der Waals surface area contributed by atoms with Crippen molar-refractivity contribution in [1.29, 1.82) is 0 Å². The van der Waals surface area contributed by atoms with Gasteiger partial charge in [-0.25, -0.2) is 4.98 Å². The van der Waals surface area contributed by atoms with E-state index >= 15 is 0 Å². The summed E-state index contributed by atoms with van der Waals surface area (Å²) in [7, 11) is 1.73. The van der Waals surface area contributed by atoms with Gasteiger partial charge in [0, 0.05) is 26.7 Å². The van der Waals surface area contributed by atoms with Gasteiger partial charge in [-0.2, -0.15) is 0 Å². The molecule has 1 amide bonds. The van der Waals surface area contributed by atoms with Gasteiger partial charge in [-0.05, 0) is 19.8 Å². The van der Waals surface area contributed by atoms with Crippen molar-refractivity contribution in [3.05, 3.63) is 27.4 Å². The van der Waals surface area contributed by atoms with Crippen LogP contribution in [0.5, 0.6) is 0 Å². The number of carbonyl (C=O) groups is 1. The van der Waals surface area contributed by atoms with Crippen LogP contribution in [0, 0.1) is 12.8 Å². The highest BCUT2D eigenvalue weighted by atomic mass is 16.2. The number of aryl methyl sites for hydroxylation is 1. The molecule has 1 aliphatic rings. The highest BCUT2D eigenvalue weighted by Crippen LogP contribution is 2.20. The van der Waals surface area contributed by atoms with Gasteiger partial charge in [-0.1, -0.05) is 13.8 Å². The zero-order valence-corrected chi connectivity index (χ0v) is 13.4. The number of carbonyl (C=O) groups excluding carboxylic acids is 1. The third-order valence-electron chi connectivity index (χ3n) is 4.02. The summed E-state index contributed by atoms with van der Waals surface area (Å²) in [5.41, 5.74) is 1.51. The molecule has 2 heterocycles. The van der Waals surface area contributed by atoms with Crippen molar-refractivity contribution in [2.45, 2.75) is 46.8 Å². The second kappa shape index (κ2) is 5.97. The maximum atomic E-state index is 12.2. The summed E-state index contributed by atoms with van der Waals surface area (Å²) in [6.45, 7) is 9.54. The monoisotopic (exact) mass is 292 g/mol. The predicted octanol–water partition coefficient (Wildman–Crippen LogP) is 0.565. The van der Waals surface area contributed by atoms with Crippen molar-refractivity contribution in [1.82, 2.24) is 19.8 Å². The molecule has 0 saturated carbocycles. The average Bonchev–Trinajstić information content (AvgIpc) is 2.85. The molecule has 0 radical (unpaired) electrons. The van der Waals surface area contributed by atoms with E-state index in [2.05, 4.69) is 24.1 Å². The number of nitrogens with one attached hydrogen (secondary N) is 1. The molecule has 2 rings (SSSR count). The molecule has 116 valence electrons. The van der Waals surface area contributed by atoms with Crippen LogP contribution in [0.25, 0.3) is 0 Å². The minimum atomic E-state index is -0.261. The van der Waals surface area contributed by atoms with E-state index in [0.29, 0.717) is 36.9 Å². The molecule has 6 nitrogen and oxygen atoms in total. The third-order valence-corrected chi connectivity index (χ3v) is 4.02. The Bertz CT molecular complexity index is 606. The summed E-state index contributed by atoms with van der Waals surface area (Å²) in [6.07, 6.45) is 0. The van der Waals surface area contributed by atoms with E-state index in [1.807, 2.05) is 18.7 Å². The zero-order chi connectivity index (χ0) is 15.7. The van der Waals surface area contributed by atoms with E-state index in [1.54, 1.807) is 11.6 Å². The Hall–Kier alpha value is -1.69. The van der Waals surface area contributed by atoms with E-state index < -0.39 is 0 Å². The fourth-order valence-electron chi connectivity index (χ4n) is 2.44. The van der Waals surface area contributed by atoms with Gasteiger partial charge < -0.3 is 5.32 Å². The summed E-state index contributed by atoms with van der Waals surface area (Å²) >= 11 is 0. The number of amides is 1. The molecular weight excluding hydrogens is 268 g/mol. The first-order valence-corrected chi connectivity index (χ1v) is 7.38. The molecule has 0 unspecified atom stereocenters. The fourth-order valence-corrected chi connectivity index (χ4v) is 2.44.